The standard InChI is InChI=1S/C12H15F2NO2/c1-17-12(16)10-6-15-5-9(10)8-3-2-7(13)4-11(8)14/h2,4,8-10,15H,3,5-6H2,1H3/t8?,9-,10+/m0/s1. The molecule has 2 aliphatic rings. The molecule has 0 spiro atoms. The first-order chi connectivity index (χ1) is 8.13. The van der Waals surface area contributed by atoms with Gasteiger partial charge in [0.25, 0.3) is 0 Å². The maximum Gasteiger partial charge on any atom is 0.310 e. The van der Waals surface area contributed by atoms with Crippen LogP contribution in [0.4, 0.5) is 8.78 Å². The molecule has 1 aliphatic heterocycles. The van der Waals surface area contributed by atoms with Crippen LogP contribution in [0, 0.1) is 17.8 Å². The molecule has 1 N–H and O–H groups in total. The van der Waals surface area contributed by atoms with E-state index >= 15 is 0 Å². The maximum absolute atomic E-state index is 13.7. The van der Waals surface area contributed by atoms with Crippen molar-refractivity contribution in [3.63, 3.8) is 0 Å². The van der Waals surface area contributed by atoms with E-state index in [-0.39, 0.29) is 17.8 Å². The van der Waals surface area contributed by atoms with Gasteiger partial charge in [0.15, 0.2) is 0 Å². The van der Waals surface area contributed by atoms with Gasteiger partial charge in [-0.3, -0.25) is 4.79 Å². The third-order valence-electron chi connectivity index (χ3n) is 3.48. The molecule has 0 bridgehead atoms. The molecule has 3 nitrogen and oxygen atoms in total. The fourth-order valence-corrected chi connectivity index (χ4v) is 2.56. The quantitative estimate of drug-likeness (QED) is 0.750. The SMILES string of the molecule is COC(=O)[C@@H]1CNC[C@H]1C1CC=C(F)C=C1F. The lowest BCUT2D eigenvalue weighted by atomic mass is 9.79. The Kier molecular flexibility index (Phi) is 3.57. The Morgan fingerprint density at radius 3 is 2.88 bits per heavy atom. The van der Waals surface area contributed by atoms with Crippen LogP contribution in [-0.4, -0.2) is 26.2 Å². The normalized spacial score (nSPS) is 33.0. The van der Waals surface area contributed by atoms with E-state index in [1.165, 1.54) is 13.2 Å². The van der Waals surface area contributed by atoms with Crippen LogP contribution in [-0.2, 0) is 9.53 Å². The van der Waals surface area contributed by atoms with Gasteiger partial charge in [0.05, 0.1) is 13.0 Å². The lowest BCUT2D eigenvalue weighted by Gasteiger charge is -2.26. The van der Waals surface area contributed by atoms with E-state index in [1.807, 2.05) is 0 Å². The van der Waals surface area contributed by atoms with Crippen molar-refractivity contribution in [3.8, 4) is 0 Å². The lowest BCUT2D eigenvalue weighted by molar-refractivity contribution is -0.146. The topological polar surface area (TPSA) is 38.3 Å². The molecule has 0 saturated carbocycles. The number of nitrogens with one attached hydrogen (secondary N) is 1. The second-order valence-corrected chi connectivity index (χ2v) is 4.41. The first-order valence-corrected chi connectivity index (χ1v) is 5.64. The number of esters is 1. The van der Waals surface area contributed by atoms with Crippen molar-refractivity contribution in [2.45, 2.75) is 6.42 Å². The molecule has 1 heterocycles. The Hall–Kier alpha value is -1.23. The second kappa shape index (κ2) is 4.96. The second-order valence-electron chi connectivity index (χ2n) is 4.41. The predicted octanol–water partition coefficient (Wildman–Crippen LogP) is 1.72. The number of carbonyl (C=O) groups excluding carboxylic acids is 1. The number of allylic oxidation sites excluding steroid dienone is 4. The van der Waals surface area contributed by atoms with Gasteiger partial charge >= 0.3 is 5.97 Å². The molecule has 1 fully saturated rings. The Morgan fingerprint density at radius 1 is 1.47 bits per heavy atom. The molecule has 0 amide bonds. The zero-order valence-electron chi connectivity index (χ0n) is 9.58. The predicted molar refractivity (Wildman–Crippen MR) is 58.4 cm³/mol. The van der Waals surface area contributed by atoms with Gasteiger partial charge in [-0.25, -0.2) is 8.78 Å². The largest absolute Gasteiger partial charge is 0.469 e. The summed E-state index contributed by atoms with van der Waals surface area (Å²) in [7, 11) is 1.32. The van der Waals surface area contributed by atoms with Gasteiger partial charge in [0.2, 0.25) is 0 Å². The van der Waals surface area contributed by atoms with Crippen LogP contribution < -0.4 is 5.32 Å². The minimum absolute atomic E-state index is 0.164. The molecular weight excluding hydrogens is 228 g/mol. The molecule has 1 saturated heterocycles. The minimum Gasteiger partial charge on any atom is -0.469 e. The van der Waals surface area contributed by atoms with E-state index in [0.717, 1.165) is 6.08 Å². The molecule has 0 radical (unpaired) electrons. The van der Waals surface area contributed by atoms with Crippen molar-refractivity contribution >= 4 is 5.97 Å². The van der Waals surface area contributed by atoms with Crippen molar-refractivity contribution in [1.82, 2.24) is 5.32 Å². The minimum atomic E-state index is -0.542. The van der Waals surface area contributed by atoms with E-state index in [0.29, 0.717) is 19.5 Å². The average Bonchev–Trinajstić information content (AvgIpc) is 2.77. The van der Waals surface area contributed by atoms with Crippen LogP contribution in [0.15, 0.2) is 23.8 Å². The van der Waals surface area contributed by atoms with Crippen molar-refractivity contribution < 1.29 is 18.3 Å². The average molecular weight is 243 g/mol. The first kappa shape index (κ1) is 12.2. The van der Waals surface area contributed by atoms with E-state index in [4.69, 9.17) is 4.74 Å². The summed E-state index contributed by atoms with van der Waals surface area (Å²) in [6.07, 6.45) is 2.56. The van der Waals surface area contributed by atoms with Crippen molar-refractivity contribution in [2.24, 2.45) is 17.8 Å². The summed E-state index contributed by atoms with van der Waals surface area (Å²) < 4.78 is 31.2. The number of methoxy groups -OCH3 is 1. The lowest BCUT2D eigenvalue weighted by Crippen LogP contribution is -2.30. The van der Waals surface area contributed by atoms with Crippen LogP contribution in [0.1, 0.15) is 6.42 Å². The summed E-state index contributed by atoms with van der Waals surface area (Å²) in [5.74, 6) is -2.29. The summed E-state index contributed by atoms with van der Waals surface area (Å²) in [6.45, 7) is 1.05. The smallest absolute Gasteiger partial charge is 0.310 e. The summed E-state index contributed by atoms with van der Waals surface area (Å²) in [5, 5.41) is 3.06. The number of rotatable bonds is 2. The number of hydrogen-bond acceptors (Lipinski definition) is 3. The number of carbonyl (C=O) groups is 1. The third kappa shape index (κ3) is 2.39. The fraction of sp³-hybridized carbons (Fsp3) is 0.583. The molecule has 0 aromatic carbocycles. The van der Waals surface area contributed by atoms with Crippen LogP contribution >= 0.6 is 0 Å². The van der Waals surface area contributed by atoms with Gasteiger partial charge in [-0.05, 0) is 25.0 Å². The Bertz CT molecular complexity index is 379. The monoisotopic (exact) mass is 243 g/mol. The highest BCUT2D eigenvalue weighted by molar-refractivity contribution is 5.73. The molecule has 1 unspecified atom stereocenters. The maximum atomic E-state index is 13.7. The zero-order chi connectivity index (χ0) is 12.4. The highest BCUT2D eigenvalue weighted by atomic mass is 19.1. The fourth-order valence-electron chi connectivity index (χ4n) is 2.56. The van der Waals surface area contributed by atoms with Gasteiger partial charge in [0.1, 0.15) is 11.7 Å². The number of ether oxygens (including phenoxy) is 1. The van der Waals surface area contributed by atoms with Gasteiger partial charge in [0, 0.05) is 18.5 Å². The summed E-state index contributed by atoms with van der Waals surface area (Å²) in [6, 6.07) is 0. The van der Waals surface area contributed by atoms with Crippen LogP contribution in [0.5, 0.6) is 0 Å². The number of hydrogen-bond donors (Lipinski definition) is 1. The molecule has 5 heteroatoms. The first-order valence-electron chi connectivity index (χ1n) is 5.64. The van der Waals surface area contributed by atoms with Crippen LogP contribution in [0.25, 0.3) is 0 Å². The third-order valence-corrected chi connectivity index (χ3v) is 3.48. The van der Waals surface area contributed by atoms with E-state index in [9.17, 15) is 13.6 Å². The van der Waals surface area contributed by atoms with Gasteiger partial charge in [-0.2, -0.15) is 0 Å². The van der Waals surface area contributed by atoms with Crippen LogP contribution in [0.3, 0.4) is 0 Å². The Balaban J connectivity index is 2.12. The Labute approximate surface area is 98.5 Å². The van der Waals surface area contributed by atoms with E-state index in [1.54, 1.807) is 0 Å². The molecule has 17 heavy (non-hydrogen) atoms. The van der Waals surface area contributed by atoms with Crippen LogP contribution in [0.2, 0.25) is 0 Å². The summed E-state index contributed by atoms with van der Waals surface area (Å²) in [4.78, 5) is 11.5. The summed E-state index contributed by atoms with van der Waals surface area (Å²) >= 11 is 0. The molecule has 2 rings (SSSR count). The number of halogens is 2. The van der Waals surface area contributed by atoms with Gasteiger partial charge in [-0.15, -0.1) is 0 Å². The van der Waals surface area contributed by atoms with Gasteiger partial charge < -0.3 is 10.1 Å². The zero-order valence-corrected chi connectivity index (χ0v) is 9.58. The van der Waals surface area contributed by atoms with Crippen molar-refractivity contribution in [1.29, 1.82) is 0 Å². The van der Waals surface area contributed by atoms with Gasteiger partial charge in [-0.1, -0.05) is 0 Å². The molecule has 0 aromatic rings. The molecule has 1 aliphatic carbocycles. The molecule has 94 valence electrons. The summed E-state index contributed by atoms with van der Waals surface area (Å²) in [5.41, 5.74) is 0. The molecule has 3 atom stereocenters. The van der Waals surface area contributed by atoms with E-state index in [2.05, 4.69) is 5.32 Å². The molecular formula is C12H15F2NO2. The highest BCUT2D eigenvalue weighted by Crippen LogP contribution is 2.37. The van der Waals surface area contributed by atoms with Crippen molar-refractivity contribution in [3.05, 3.63) is 23.8 Å². The van der Waals surface area contributed by atoms with E-state index < -0.39 is 17.6 Å². The molecule has 0 aromatic heterocycles. The van der Waals surface area contributed by atoms with Crippen molar-refractivity contribution in [2.75, 3.05) is 20.2 Å². The highest BCUT2D eigenvalue weighted by Gasteiger charge is 2.40. The Morgan fingerprint density at radius 2 is 2.24 bits per heavy atom.